The number of aliphatic carboxylic acids is 1. The van der Waals surface area contributed by atoms with Gasteiger partial charge in [-0.3, -0.25) is 9.59 Å². The van der Waals surface area contributed by atoms with Gasteiger partial charge in [-0.2, -0.15) is 0 Å². The number of sulfonamides is 1. The molecule has 1 amide bonds. The fourth-order valence-electron chi connectivity index (χ4n) is 2.04. The van der Waals surface area contributed by atoms with Gasteiger partial charge in [0, 0.05) is 33.0 Å². The number of carbonyl (C=O) groups excluding carboxylic acids is 1. The summed E-state index contributed by atoms with van der Waals surface area (Å²) in [6.07, 6.45) is 0.386. The second-order valence-electron chi connectivity index (χ2n) is 5.71. The molecule has 0 heterocycles. The van der Waals surface area contributed by atoms with E-state index in [9.17, 15) is 18.0 Å². The maximum atomic E-state index is 12.2. The average Bonchev–Trinajstić information content (AvgIpc) is 2.49. The van der Waals surface area contributed by atoms with Crippen LogP contribution in [0.25, 0.3) is 0 Å². The molecule has 1 aromatic carbocycles. The van der Waals surface area contributed by atoms with Gasteiger partial charge in [0.1, 0.15) is 0 Å². The molecule has 24 heavy (non-hydrogen) atoms. The molecule has 0 aromatic heterocycles. The zero-order chi connectivity index (χ0) is 18.3. The van der Waals surface area contributed by atoms with Gasteiger partial charge in [0.25, 0.3) is 0 Å². The van der Waals surface area contributed by atoms with E-state index in [2.05, 4.69) is 4.72 Å². The second-order valence-corrected chi connectivity index (χ2v) is 7.47. The van der Waals surface area contributed by atoms with Crippen LogP contribution in [0.2, 0.25) is 0 Å². The van der Waals surface area contributed by atoms with E-state index in [4.69, 9.17) is 5.11 Å². The summed E-state index contributed by atoms with van der Waals surface area (Å²) in [5.41, 5.74) is 1.89. The minimum atomic E-state index is -3.65. The Hall–Kier alpha value is -1.93. The monoisotopic (exact) mass is 356 g/mol. The highest BCUT2D eigenvalue weighted by molar-refractivity contribution is 7.89. The highest BCUT2D eigenvalue weighted by Crippen LogP contribution is 2.14. The van der Waals surface area contributed by atoms with Crippen molar-refractivity contribution in [2.45, 2.75) is 38.0 Å². The van der Waals surface area contributed by atoms with Crippen molar-refractivity contribution in [3.8, 4) is 0 Å². The molecular weight excluding hydrogens is 332 g/mol. The largest absolute Gasteiger partial charge is 0.481 e. The van der Waals surface area contributed by atoms with E-state index in [0.29, 0.717) is 13.0 Å². The molecule has 0 aliphatic rings. The Morgan fingerprint density at radius 1 is 1.17 bits per heavy atom. The molecule has 1 rings (SSSR count). The summed E-state index contributed by atoms with van der Waals surface area (Å²) in [6.45, 7) is 4.06. The number of hydrogen-bond donors (Lipinski definition) is 2. The summed E-state index contributed by atoms with van der Waals surface area (Å²) in [5.74, 6) is -1.14. The normalized spacial score (nSPS) is 11.3. The lowest BCUT2D eigenvalue weighted by atomic mass is 10.1. The fraction of sp³-hybridized carbons (Fsp3) is 0.500. The zero-order valence-electron chi connectivity index (χ0n) is 14.2. The summed E-state index contributed by atoms with van der Waals surface area (Å²) in [7, 11) is -2.08. The smallest absolute Gasteiger partial charge is 0.303 e. The first-order chi connectivity index (χ1) is 11.1. The lowest BCUT2D eigenvalue weighted by Gasteiger charge is -2.16. The fourth-order valence-corrected chi connectivity index (χ4v) is 3.16. The molecule has 2 N–H and O–H groups in total. The van der Waals surface area contributed by atoms with Crippen LogP contribution >= 0.6 is 0 Å². The Labute approximate surface area is 142 Å². The summed E-state index contributed by atoms with van der Waals surface area (Å²) in [4.78, 5) is 23.9. The Balaban J connectivity index is 2.49. The van der Waals surface area contributed by atoms with Crippen molar-refractivity contribution in [2.75, 3.05) is 20.1 Å². The average molecular weight is 356 g/mol. The van der Waals surface area contributed by atoms with Crippen LogP contribution in [0.5, 0.6) is 0 Å². The summed E-state index contributed by atoms with van der Waals surface area (Å²) < 4.78 is 26.8. The van der Waals surface area contributed by atoms with Crippen molar-refractivity contribution in [1.29, 1.82) is 0 Å². The third kappa shape index (κ3) is 6.29. The van der Waals surface area contributed by atoms with Crippen LogP contribution in [0.3, 0.4) is 0 Å². The predicted molar refractivity (Wildman–Crippen MR) is 90.2 cm³/mol. The van der Waals surface area contributed by atoms with Gasteiger partial charge >= 0.3 is 5.97 Å². The number of amides is 1. The van der Waals surface area contributed by atoms with Crippen molar-refractivity contribution in [1.82, 2.24) is 9.62 Å². The van der Waals surface area contributed by atoms with Gasteiger partial charge in [-0.05, 0) is 43.5 Å². The molecule has 134 valence electrons. The van der Waals surface area contributed by atoms with Crippen molar-refractivity contribution < 1.29 is 23.1 Å². The van der Waals surface area contributed by atoms with Gasteiger partial charge in [-0.1, -0.05) is 6.07 Å². The summed E-state index contributed by atoms with van der Waals surface area (Å²) in [5, 5.41) is 8.56. The Kier molecular flexibility index (Phi) is 7.37. The van der Waals surface area contributed by atoms with E-state index in [1.807, 2.05) is 13.8 Å². The lowest BCUT2D eigenvalue weighted by Crippen LogP contribution is -2.32. The molecule has 0 unspecified atom stereocenters. The van der Waals surface area contributed by atoms with Gasteiger partial charge in [-0.15, -0.1) is 0 Å². The third-order valence-corrected chi connectivity index (χ3v) is 5.19. The van der Waals surface area contributed by atoms with Crippen molar-refractivity contribution in [3.05, 3.63) is 29.3 Å². The lowest BCUT2D eigenvalue weighted by molar-refractivity contribution is -0.138. The number of hydrogen-bond acceptors (Lipinski definition) is 4. The number of aryl methyl sites for hydroxylation is 2. The minimum Gasteiger partial charge on any atom is -0.481 e. The molecule has 0 fully saturated rings. The van der Waals surface area contributed by atoms with Crippen LogP contribution in [0.4, 0.5) is 0 Å². The number of nitrogens with one attached hydrogen (secondary N) is 1. The molecule has 0 aliphatic heterocycles. The number of nitrogens with zero attached hydrogens (tertiary/aromatic N) is 1. The first-order valence-electron chi connectivity index (χ1n) is 7.66. The molecule has 0 bridgehead atoms. The van der Waals surface area contributed by atoms with Gasteiger partial charge in [0.05, 0.1) is 4.90 Å². The molecule has 0 atom stereocenters. The number of benzene rings is 1. The maximum Gasteiger partial charge on any atom is 0.303 e. The maximum absolute atomic E-state index is 12.2. The molecular formula is C16H24N2O5S. The van der Waals surface area contributed by atoms with Gasteiger partial charge < -0.3 is 10.0 Å². The third-order valence-electron chi connectivity index (χ3n) is 3.73. The van der Waals surface area contributed by atoms with Crippen LogP contribution in [0, 0.1) is 13.8 Å². The van der Waals surface area contributed by atoms with Crippen molar-refractivity contribution >= 4 is 21.9 Å². The molecule has 7 nitrogen and oxygen atoms in total. The van der Waals surface area contributed by atoms with E-state index in [1.165, 1.54) is 11.0 Å². The van der Waals surface area contributed by atoms with E-state index in [1.54, 1.807) is 19.2 Å². The van der Waals surface area contributed by atoms with E-state index < -0.39 is 16.0 Å². The Morgan fingerprint density at radius 2 is 1.83 bits per heavy atom. The van der Waals surface area contributed by atoms with Gasteiger partial charge in [0.2, 0.25) is 15.9 Å². The zero-order valence-corrected chi connectivity index (χ0v) is 15.0. The summed E-state index contributed by atoms with van der Waals surface area (Å²) >= 11 is 0. The number of carboxylic acid groups (broad SMARTS) is 1. The van der Waals surface area contributed by atoms with Crippen molar-refractivity contribution in [2.24, 2.45) is 0 Å². The van der Waals surface area contributed by atoms with E-state index >= 15 is 0 Å². The summed E-state index contributed by atoms with van der Waals surface area (Å²) in [6, 6.07) is 4.87. The Bertz CT molecular complexity index is 700. The first kappa shape index (κ1) is 20.1. The van der Waals surface area contributed by atoms with Gasteiger partial charge in [0.15, 0.2) is 0 Å². The molecule has 0 spiro atoms. The topological polar surface area (TPSA) is 104 Å². The number of rotatable bonds is 9. The van der Waals surface area contributed by atoms with E-state index in [-0.39, 0.29) is 30.2 Å². The molecule has 0 radical (unpaired) electrons. The molecule has 0 aliphatic carbocycles. The standard InChI is InChI=1S/C16H24N2O5S/c1-12-6-7-14(11-13(12)2)24(22,23)17-9-8-15(19)18(3)10-4-5-16(20)21/h6-7,11,17H,4-5,8-10H2,1-3H3,(H,20,21). The molecule has 0 saturated heterocycles. The SMILES string of the molecule is Cc1ccc(S(=O)(=O)NCCC(=O)N(C)CCCC(=O)O)cc1C. The highest BCUT2D eigenvalue weighted by atomic mass is 32.2. The van der Waals surface area contributed by atoms with Gasteiger partial charge in [-0.25, -0.2) is 13.1 Å². The molecule has 0 saturated carbocycles. The van der Waals surface area contributed by atoms with Crippen LogP contribution in [-0.4, -0.2) is 50.4 Å². The predicted octanol–water partition coefficient (Wildman–Crippen LogP) is 1.30. The highest BCUT2D eigenvalue weighted by Gasteiger charge is 2.16. The second kappa shape index (κ2) is 8.79. The molecule has 8 heteroatoms. The number of carboxylic acids is 1. The quantitative estimate of drug-likeness (QED) is 0.694. The van der Waals surface area contributed by atoms with Crippen LogP contribution in [0.1, 0.15) is 30.4 Å². The van der Waals surface area contributed by atoms with Crippen LogP contribution in [-0.2, 0) is 19.6 Å². The molecule has 1 aromatic rings. The minimum absolute atomic E-state index is 0.00262. The van der Waals surface area contributed by atoms with Crippen LogP contribution in [0.15, 0.2) is 23.1 Å². The number of carbonyl (C=O) groups is 2. The van der Waals surface area contributed by atoms with Crippen molar-refractivity contribution in [3.63, 3.8) is 0 Å². The van der Waals surface area contributed by atoms with Crippen LogP contribution < -0.4 is 4.72 Å². The van der Waals surface area contributed by atoms with E-state index in [0.717, 1.165) is 11.1 Å². The Morgan fingerprint density at radius 3 is 2.42 bits per heavy atom. The first-order valence-corrected chi connectivity index (χ1v) is 9.14.